The monoisotopic (exact) mass is 358 g/mol. The molecular weight excluding hydrogens is 332 g/mol. The van der Waals surface area contributed by atoms with Gasteiger partial charge in [0.05, 0.1) is 26.5 Å². The molecule has 26 heavy (non-hydrogen) atoms. The minimum absolute atomic E-state index is 0.319. The molecule has 2 aromatic carbocycles. The average molecular weight is 358 g/mol. The van der Waals surface area contributed by atoms with Crippen LogP contribution in [0.4, 0.5) is 10.5 Å². The van der Waals surface area contributed by atoms with Gasteiger partial charge in [-0.25, -0.2) is 4.79 Å². The van der Waals surface area contributed by atoms with Crippen molar-refractivity contribution >= 4 is 11.7 Å². The maximum Gasteiger partial charge on any atom is 0.319 e. The lowest BCUT2D eigenvalue weighted by atomic mass is 10.1. The van der Waals surface area contributed by atoms with Crippen molar-refractivity contribution in [2.24, 2.45) is 0 Å². The molecule has 0 aromatic heterocycles. The van der Waals surface area contributed by atoms with Crippen LogP contribution in [0.5, 0.6) is 11.5 Å². The minimum atomic E-state index is -0.319. The van der Waals surface area contributed by atoms with Crippen LogP contribution in [0.1, 0.15) is 24.5 Å². The van der Waals surface area contributed by atoms with Gasteiger partial charge in [-0.2, -0.15) is 0 Å². The SMILES string of the molecule is CCCOCc1ccccc1CNC(=O)Nc1cc(OC)ccc1OC. The average Bonchev–Trinajstić information content (AvgIpc) is 2.67. The van der Waals surface area contributed by atoms with E-state index in [-0.39, 0.29) is 6.03 Å². The van der Waals surface area contributed by atoms with Gasteiger partial charge in [-0.15, -0.1) is 0 Å². The topological polar surface area (TPSA) is 68.8 Å². The summed E-state index contributed by atoms with van der Waals surface area (Å²) in [4.78, 5) is 12.3. The summed E-state index contributed by atoms with van der Waals surface area (Å²) in [6.07, 6.45) is 0.977. The van der Waals surface area contributed by atoms with E-state index in [1.807, 2.05) is 24.3 Å². The van der Waals surface area contributed by atoms with Crippen molar-refractivity contribution in [3.05, 3.63) is 53.6 Å². The van der Waals surface area contributed by atoms with Crippen molar-refractivity contribution in [2.45, 2.75) is 26.5 Å². The summed E-state index contributed by atoms with van der Waals surface area (Å²) < 4.78 is 16.1. The fourth-order valence-corrected chi connectivity index (χ4v) is 2.45. The first kappa shape index (κ1) is 19.6. The third-order valence-electron chi connectivity index (χ3n) is 3.82. The second kappa shape index (κ2) is 10.3. The molecule has 2 aromatic rings. The maximum atomic E-state index is 12.3. The Labute approximate surface area is 154 Å². The molecule has 0 unspecified atom stereocenters. The largest absolute Gasteiger partial charge is 0.497 e. The van der Waals surface area contributed by atoms with Gasteiger partial charge in [0.25, 0.3) is 0 Å². The molecule has 2 amide bonds. The van der Waals surface area contributed by atoms with Crippen LogP contribution >= 0.6 is 0 Å². The number of amides is 2. The van der Waals surface area contributed by atoms with Gasteiger partial charge >= 0.3 is 6.03 Å². The van der Waals surface area contributed by atoms with Crippen molar-refractivity contribution in [2.75, 3.05) is 26.1 Å². The third-order valence-corrected chi connectivity index (χ3v) is 3.82. The molecule has 0 heterocycles. The van der Waals surface area contributed by atoms with E-state index in [2.05, 4.69) is 17.6 Å². The smallest absolute Gasteiger partial charge is 0.319 e. The van der Waals surface area contributed by atoms with Crippen LogP contribution in [0.15, 0.2) is 42.5 Å². The molecule has 0 bridgehead atoms. The van der Waals surface area contributed by atoms with E-state index in [4.69, 9.17) is 14.2 Å². The van der Waals surface area contributed by atoms with Gasteiger partial charge in [-0.3, -0.25) is 0 Å². The zero-order valence-electron chi connectivity index (χ0n) is 15.5. The van der Waals surface area contributed by atoms with Crippen LogP contribution in [0.3, 0.4) is 0 Å². The third kappa shape index (κ3) is 5.67. The molecular formula is C20H26N2O4. The van der Waals surface area contributed by atoms with E-state index in [1.54, 1.807) is 32.4 Å². The first-order valence-electron chi connectivity index (χ1n) is 8.59. The van der Waals surface area contributed by atoms with Gasteiger partial charge in [0, 0.05) is 19.2 Å². The number of carbonyl (C=O) groups is 1. The molecule has 0 saturated carbocycles. The Morgan fingerprint density at radius 3 is 2.50 bits per heavy atom. The van der Waals surface area contributed by atoms with E-state index in [9.17, 15) is 4.79 Å². The molecule has 0 aliphatic rings. The van der Waals surface area contributed by atoms with Gasteiger partial charge in [-0.1, -0.05) is 31.2 Å². The lowest BCUT2D eigenvalue weighted by molar-refractivity contribution is 0.121. The minimum Gasteiger partial charge on any atom is -0.497 e. The first-order valence-corrected chi connectivity index (χ1v) is 8.59. The van der Waals surface area contributed by atoms with E-state index < -0.39 is 0 Å². The van der Waals surface area contributed by atoms with Gasteiger partial charge in [0.1, 0.15) is 11.5 Å². The highest BCUT2D eigenvalue weighted by Gasteiger charge is 2.10. The number of rotatable bonds is 9. The molecule has 6 nitrogen and oxygen atoms in total. The number of benzene rings is 2. The van der Waals surface area contributed by atoms with Gasteiger partial charge in [-0.05, 0) is 29.7 Å². The molecule has 0 aliphatic carbocycles. The van der Waals surface area contributed by atoms with Crippen molar-refractivity contribution in [1.82, 2.24) is 5.32 Å². The Balaban J connectivity index is 1.97. The fraction of sp³-hybridized carbons (Fsp3) is 0.350. The number of nitrogens with one attached hydrogen (secondary N) is 2. The molecule has 2 N–H and O–H groups in total. The lowest BCUT2D eigenvalue weighted by Crippen LogP contribution is -2.28. The summed E-state index contributed by atoms with van der Waals surface area (Å²) in [6.45, 7) is 3.74. The molecule has 0 fully saturated rings. The predicted molar refractivity (Wildman–Crippen MR) is 102 cm³/mol. The Morgan fingerprint density at radius 1 is 1.04 bits per heavy atom. The molecule has 0 aliphatic heterocycles. The molecule has 2 rings (SSSR count). The number of hydrogen-bond donors (Lipinski definition) is 2. The quantitative estimate of drug-likeness (QED) is 0.666. The molecule has 0 spiro atoms. The molecule has 140 valence electrons. The number of anilines is 1. The highest BCUT2D eigenvalue weighted by atomic mass is 16.5. The highest BCUT2D eigenvalue weighted by molar-refractivity contribution is 5.91. The number of hydrogen-bond acceptors (Lipinski definition) is 4. The summed E-state index contributed by atoms with van der Waals surface area (Å²) in [6, 6.07) is 12.8. The zero-order chi connectivity index (χ0) is 18.8. The summed E-state index contributed by atoms with van der Waals surface area (Å²) in [5, 5.41) is 5.66. The molecule has 0 radical (unpaired) electrons. The maximum absolute atomic E-state index is 12.3. The fourth-order valence-electron chi connectivity index (χ4n) is 2.45. The summed E-state index contributed by atoms with van der Waals surface area (Å²) >= 11 is 0. The predicted octanol–water partition coefficient (Wildman–Crippen LogP) is 3.95. The van der Waals surface area contributed by atoms with Crippen LogP contribution < -0.4 is 20.1 Å². The van der Waals surface area contributed by atoms with Gasteiger partial charge in [0.15, 0.2) is 0 Å². The molecule has 0 atom stereocenters. The Bertz CT molecular complexity index is 719. The van der Waals surface area contributed by atoms with Crippen LogP contribution in [-0.4, -0.2) is 26.9 Å². The van der Waals surface area contributed by atoms with Crippen LogP contribution in [0, 0.1) is 0 Å². The van der Waals surface area contributed by atoms with E-state index >= 15 is 0 Å². The number of methoxy groups -OCH3 is 2. The second-order valence-electron chi connectivity index (χ2n) is 5.70. The van der Waals surface area contributed by atoms with Crippen molar-refractivity contribution in [3.63, 3.8) is 0 Å². The zero-order valence-corrected chi connectivity index (χ0v) is 15.5. The number of carbonyl (C=O) groups excluding carboxylic acids is 1. The van der Waals surface area contributed by atoms with E-state index in [0.29, 0.717) is 30.3 Å². The standard InChI is InChI=1S/C20H26N2O4/c1-4-11-26-14-16-8-6-5-7-15(16)13-21-20(23)22-18-12-17(24-2)9-10-19(18)25-3/h5-10,12H,4,11,13-14H2,1-3H3,(H2,21,22,23). The molecule has 0 saturated heterocycles. The van der Waals surface area contributed by atoms with Gasteiger partial charge < -0.3 is 24.8 Å². The number of ether oxygens (including phenoxy) is 3. The molecule has 6 heteroatoms. The van der Waals surface area contributed by atoms with Gasteiger partial charge in [0.2, 0.25) is 0 Å². The first-order chi connectivity index (χ1) is 12.7. The van der Waals surface area contributed by atoms with E-state index in [1.165, 1.54) is 0 Å². The summed E-state index contributed by atoms with van der Waals surface area (Å²) in [7, 11) is 3.13. The van der Waals surface area contributed by atoms with E-state index in [0.717, 1.165) is 24.2 Å². The second-order valence-corrected chi connectivity index (χ2v) is 5.70. The normalized spacial score (nSPS) is 10.3. The van der Waals surface area contributed by atoms with Crippen LogP contribution in [-0.2, 0) is 17.9 Å². The van der Waals surface area contributed by atoms with Crippen molar-refractivity contribution in [3.8, 4) is 11.5 Å². The Kier molecular flexibility index (Phi) is 7.76. The lowest BCUT2D eigenvalue weighted by Gasteiger charge is -2.14. The highest BCUT2D eigenvalue weighted by Crippen LogP contribution is 2.28. The Hall–Kier alpha value is -2.73. The summed E-state index contributed by atoms with van der Waals surface area (Å²) in [5.74, 6) is 1.20. The van der Waals surface area contributed by atoms with Crippen LogP contribution in [0.25, 0.3) is 0 Å². The van der Waals surface area contributed by atoms with Crippen LogP contribution in [0.2, 0.25) is 0 Å². The van der Waals surface area contributed by atoms with Crippen molar-refractivity contribution < 1.29 is 19.0 Å². The number of urea groups is 1. The van der Waals surface area contributed by atoms with Crippen molar-refractivity contribution in [1.29, 1.82) is 0 Å². The summed E-state index contributed by atoms with van der Waals surface area (Å²) in [5.41, 5.74) is 2.64. The Morgan fingerprint density at radius 2 is 1.81 bits per heavy atom.